The van der Waals surface area contributed by atoms with E-state index in [0.717, 1.165) is 22.4 Å². The zero-order chi connectivity index (χ0) is 19.0. The lowest BCUT2D eigenvalue weighted by Crippen LogP contribution is -2.31. The van der Waals surface area contributed by atoms with Crippen LogP contribution in [-0.2, 0) is 10.0 Å². The van der Waals surface area contributed by atoms with Crippen LogP contribution in [0.3, 0.4) is 0 Å². The molecule has 2 aromatic carbocycles. The Balaban J connectivity index is 1.63. The van der Waals surface area contributed by atoms with Gasteiger partial charge in [0.2, 0.25) is 10.0 Å². The second-order valence-electron chi connectivity index (χ2n) is 6.72. The Kier molecular flexibility index (Phi) is 4.53. The topological polar surface area (TPSA) is 87.2 Å². The van der Waals surface area contributed by atoms with Gasteiger partial charge in [0.1, 0.15) is 0 Å². The third-order valence-corrected chi connectivity index (χ3v) is 6.88. The van der Waals surface area contributed by atoms with Crippen molar-refractivity contribution in [3.63, 3.8) is 0 Å². The summed E-state index contributed by atoms with van der Waals surface area (Å²) in [5.74, 6) is 0.0804. The third kappa shape index (κ3) is 3.38. The number of hydrogen-bond donors (Lipinski definition) is 2. The highest BCUT2D eigenvalue weighted by Crippen LogP contribution is 2.27. The van der Waals surface area contributed by atoms with Gasteiger partial charge in [0.15, 0.2) is 0 Å². The molecule has 0 spiro atoms. The van der Waals surface area contributed by atoms with Gasteiger partial charge in [0.25, 0.3) is 0 Å². The quantitative estimate of drug-likeness (QED) is 0.706. The van der Waals surface area contributed by atoms with E-state index in [1.807, 2.05) is 48.5 Å². The molecule has 2 heterocycles. The van der Waals surface area contributed by atoms with Gasteiger partial charge in [0, 0.05) is 24.5 Å². The van der Waals surface area contributed by atoms with Crippen molar-refractivity contribution in [1.29, 1.82) is 0 Å². The van der Waals surface area contributed by atoms with Crippen LogP contribution in [0.1, 0.15) is 19.4 Å². The summed E-state index contributed by atoms with van der Waals surface area (Å²) < 4.78 is 27.4. The fraction of sp³-hybridized carbons (Fsp3) is 0.316. The van der Waals surface area contributed by atoms with E-state index in [0.29, 0.717) is 19.5 Å². The molecule has 0 amide bonds. The van der Waals surface area contributed by atoms with Crippen molar-refractivity contribution in [2.24, 2.45) is 0 Å². The molecule has 8 heteroatoms. The number of anilines is 2. The number of para-hydroxylation sites is 1. The molecule has 1 unspecified atom stereocenters. The average molecular weight is 386 g/mol. The van der Waals surface area contributed by atoms with Crippen molar-refractivity contribution >= 4 is 32.4 Å². The monoisotopic (exact) mass is 386 g/mol. The maximum atomic E-state index is 12.5. The third-order valence-electron chi connectivity index (χ3n) is 5.03. The Labute approximate surface area is 157 Å². The zero-order valence-electron chi connectivity index (χ0n) is 15.1. The van der Waals surface area contributed by atoms with Crippen LogP contribution >= 0.6 is 0 Å². The summed E-state index contributed by atoms with van der Waals surface area (Å²) in [6.07, 6.45) is 0.635. The molecule has 0 saturated carbocycles. The second-order valence-corrected chi connectivity index (χ2v) is 8.98. The number of imidazole rings is 1. The first-order chi connectivity index (χ1) is 13.0. The molecule has 27 heavy (non-hydrogen) atoms. The molecule has 0 radical (unpaired) electrons. The van der Waals surface area contributed by atoms with Crippen molar-refractivity contribution in [2.45, 2.75) is 19.4 Å². The minimum Gasteiger partial charge on any atom is -0.355 e. The summed E-state index contributed by atoms with van der Waals surface area (Å²) in [6.45, 7) is 2.43. The first kappa shape index (κ1) is 17.8. The highest BCUT2D eigenvalue weighted by atomic mass is 32.2. The number of benzene rings is 2. The summed E-state index contributed by atoms with van der Waals surface area (Å²) in [5.41, 5.74) is 3.17. The van der Waals surface area contributed by atoms with Crippen LogP contribution in [0.15, 0.2) is 53.3 Å². The number of hydrogen-bond acceptors (Lipinski definition) is 4. The van der Waals surface area contributed by atoms with Crippen LogP contribution in [0.4, 0.5) is 11.4 Å². The lowest BCUT2D eigenvalue weighted by molar-refractivity contribution is 0.452. The zero-order valence-corrected chi connectivity index (χ0v) is 15.9. The molecule has 142 valence electrons. The fourth-order valence-corrected chi connectivity index (χ4v) is 4.76. The molecule has 7 nitrogen and oxygen atoms in total. The van der Waals surface area contributed by atoms with E-state index in [9.17, 15) is 13.2 Å². The highest BCUT2D eigenvalue weighted by molar-refractivity contribution is 7.89. The van der Waals surface area contributed by atoms with Crippen molar-refractivity contribution in [3.8, 4) is 0 Å². The summed E-state index contributed by atoms with van der Waals surface area (Å²) in [5, 5.41) is 3.31. The molecule has 1 aliphatic rings. The number of nitrogens with one attached hydrogen (secondary N) is 2. The smallest absolute Gasteiger partial charge is 0.326 e. The molecule has 0 bridgehead atoms. The first-order valence-corrected chi connectivity index (χ1v) is 10.6. The van der Waals surface area contributed by atoms with Gasteiger partial charge in [-0.05, 0) is 43.7 Å². The molecular formula is C19H22N4O3S. The standard InChI is InChI=1S/C19H22N4O3S/c1-2-27(25,26)22-11-10-16(13-22)23-18-9-8-15(12-17(18)21-19(23)24)20-14-6-4-3-5-7-14/h3-9,12,16,20H,2,10-11,13H2,1H3,(H,21,24). The van der Waals surface area contributed by atoms with Crippen molar-refractivity contribution in [3.05, 3.63) is 59.0 Å². The molecule has 4 rings (SSSR count). The predicted molar refractivity (Wildman–Crippen MR) is 107 cm³/mol. The molecule has 1 fully saturated rings. The van der Waals surface area contributed by atoms with E-state index in [4.69, 9.17) is 0 Å². The fourth-order valence-electron chi connectivity index (χ4n) is 3.62. The van der Waals surface area contributed by atoms with E-state index in [2.05, 4.69) is 10.3 Å². The second kappa shape index (κ2) is 6.86. The normalized spacial score (nSPS) is 18.2. The number of nitrogens with zero attached hydrogens (tertiary/aromatic N) is 2. The lowest BCUT2D eigenvalue weighted by Gasteiger charge is -2.16. The van der Waals surface area contributed by atoms with Crippen molar-refractivity contribution in [1.82, 2.24) is 13.9 Å². The molecule has 3 aromatic rings. The number of fused-ring (bicyclic) bond motifs is 1. The number of sulfonamides is 1. The molecule has 1 saturated heterocycles. The van der Waals surface area contributed by atoms with Gasteiger partial charge in [0.05, 0.1) is 22.8 Å². The van der Waals surface area contributed by atoms with Gasteiger partial charge >= 0.3 is 5.69 Å². The van der Waals surface area contributed by atoms with Crippen LogP contribution in [0.2, 0.25) is 0 Å². The van der Waals surface area contributed by atoms with E-state index in [1.54, 1.807) is 11.5 Å². The van der Waals surface area contributed by atoms with Gasteiger partial charge in [-0.1, -0.05) is 18.2 Å². The molecule has 2 N–H and O–H groups in total. The van der Waals surface area contributed by atoms with Crippen LogP contribution in [0.25, 0.3) is 11.0 Å². The molecular weight excluding hydrogens is 364 g/mol. The molecule has 0 aliphatic carbocycles. The van der Waals surface area contributed by atoms with Crippen LogP contribution < -0.4 is 11.0 Å². The Morgan fingerprint density at radius 2 is 1.93 bits per heavy atom. The average Bonchev–Trinajstić information content (AvgIpc) is 3.26. The molecule has 1 aromatic heterocycles. The van der Waals surface area contributed by atoms with E-state index in [-0.39, 0.29) is 17.5 Å². The summed E-state index contributed by atoms with van der Waals surface area (Å²) in [7, 11) is -3.23. The van der Waals surface area contributed by atoms with Crippen molar-refractivity contribution in [2.75, 3.05) is 24.2 Å². The minimum atomic E-state index is -3.23. The summed E-state index contributed by atoms with van der Waals surface area (Å²) in [4.78, 5) is 15.4. The SMILES string of the molecule is CCS(=O)(=O)N1CCC(n2c(=O)[nH]c3cc(Nc4ccccc4)ccc32)C1. The van der Waals surface area contributed by atoms with Gasteiger partial charge in [-0.2, -0.15) is 4.31 Å². The number of H-pyrrole nitrogens is 1. The maximum absolute atomic E-state index is 12.5. The first-order valence-electron chi connectivity index (χ1n) is 9.02. The van der Waals surface area contributed by atoms with Crippen molar-refractivity contribution < 1.29 is 8.42 Å². The van der Waals surface area contributed by atoms with E-state index >= 15 is 0 Å². The molecule has 1 aliphatic heterocycles. The maximum Gasteiger partial charge on any atom is 0.326 e. The lowest BCUT2D eigenvalue weighted by atomic mass is 10.2. The number of aromatic amines is 1. The van der Waals surface area contributed by atoms with Crippen LogP contribution in [0, 0.1) is 0 Å². The number of rotatable bonds is 5. The largest absolute Gasteiger partial charge is 0.355 e. The van der Waals surface area contributed by atoms with Gasteiger partial charge < -0.3 is 10.3 Å². The summed E-state index contributed by atoms with van der Waals surface area (Å²) >= 11 is 0. The van der Waals surface area contributed by atoms with E-state index < -0.39 is 10.0 Å². The van der Waals surface area contributed by atoms with Gasteiger partial charge in [-0.15, -0.1) is 0 Å². The van der Waals surface area contributed by atoms with Gasteiger partial charge in [-0.25, -0.2) is 13.2 Å². The minimum absolute atomic E-state index is 0.0804. The Morgan fingerprint density at radius 1 is 1.15 bits per heavy atom. The Hall–Kier alpha value is -2.58. The highest BCUT2D eigenvalue weighted by Gasteiger charge is 2.32. The van der Waals surface area contributed by atoms with Crippen LogP contribution in [0.5, 0.6) is 0 Å². The predicted octanol–water partition coefficient (Wildman–Crippen LogP) is 2.67. The van der Waals surface area contributed by atoms with Crippen LogP contribution in [-0.4, -0.2) is 41.1 Å². The van der Waals surface area contributed by atoms with E-state index in [1.165, 1.54) is 4.31 Å². The van der Waals surface area contributed by atoms with Gasteiger partial charge in [-0.3, -0.25) is 4.57 Å². The summed E-state index contributed by atoms with van der Waals surface area (Å²) in [6, 6.07) is 15.4. The Bertz CT molecular complexity index is 1120. The Morgan fingerprint density at radius 3 is 2.67 bits per heavy atom. The number of aromatic nitrogens is 2. The molecule has 1 atom stereocenters.